The van der Waals surface area contributed by atoms with Crippen molar-refractivity contribution in [3.8, 4) is 0 Å². The number of hydrogen-bond donors (Lipinski definition) is 3. The van der Waals surface area contributed by atoms with Crippen molar-refractivity contribution in [3.05, 3.63) is 42.0 Å². The number of aliphatic carboxylic acids is 1. The fraction of sp³-hybridized carbons (Fsp3) is 0.250. The molecule has 3 N–H and O–H groups in total. The molecule has 8 nitrogen and oxygen atoms in total. The normalized spacial score (nSPS) is 10.2. The summed E-state index contributed by atoms with van der Waals surface area (Å²) in [6.45, 7) is 1.94. The molecule has 0 spiro atoms. The molecule has 128 valence electrons. The van der Waals surface area contributed by atoms with Gasteiger partial charge in [-0.15, -0.1) is 0 Å². The van der Waals surface area contributed by atoms with E-state index in [9.17, 15) is 19.2 Å². The van der Waals surface area contributed by atoms with Crippen LogP contribution < -0.4 is 15.8 Å². The fourth-order valence-corrected chi connectivity index (χ4v) is 1.68. The van der Waals surface area contributed by atoms with Crippen LogP contribution in [0.25, 0.3) is 0 Å². The summed E-state index contributed by atoms with van der Waals surface area (Å²) in [6.07, 6.45) is 1.26. The Morgan fingerprint density at radius 1 is 1.04 bits per heavy atom. The third-order valence-electron chi connectivity index (χ3n) is 3.06. The molecule has 0 aliphatic carbocycles. The van der Waals surface area contributed by atoms with Crippen LogP contribution in [0.1, 0.15) is 18.4 Å². The Kier molecular flexibility index (Phi) is 7.15. The average Bonchev–Trinajstić information content (AvgIpc) is 2.55. The maximum absolute atomic E-state index is 12.0. The predicted molar refractivity (Wildman–Crippen MR) is 86.9 cm³/mol. The van der Waals surface area contributed by atoms with Gasteiger partial charge in [0.1, 0.15) is 0 Å². The smallest absolute Gasteiger partial charge is 0.328 e. The molecule has 0 aliphatic heterocycles. The highest BCUT2D eigenvalue weighted by Gasteiger charge is 2.13. The minimum absolute atomic E-state index is 0.0307. The number of rotatable bonds is 6. The number of carboxylic acid groups (broad SMARTS) is 1. The second kappa shape index (κ2) is 9.09. The topological polar surface area (TPSA) is 116 Å². The Balaban J connectivity index is 2.38. The Bertz CT molecular complexity index is 652. The summed E-state index contributed by atoms with van der Waals surface area (Å²) in [5.41, 5.74) is 5.91. The number of nitrogens with one attached hydrogen (secondary N) is 2. The Morgan fingerprint density at radius 3 is 2.25 bits per heavy atom. The van der Waals surface area contributed by atoms with Gasteiger partial charge in [0, 0.05) is 37.7 Å². The quantitative estimate of drug-likeness (QED) is 0.519. The largest absolute Gasteiger partial charge is 0.478 e. The number of nitrogens with zero attached hydrogens (tertiary/aromatic N) is 1. The maximum atomic E-state index is 12.0. The van der Waals surface area contributed by atoms with E-state index in [-0.39, 0.29) is 18.7 Å². The zero-order valence-electron chi connectivity index (χ0n) is 13.4. The number of benzene rings is 1. The standard InChI is InChI=1S/C16H19N3O5/c1-11-3-5-12(6-4-11)19(2)15(22)9-7-13(20)17-18-14(21)8-10-16(23)24/h3-6,8,10H,7,9H2,1-2H3,(H,17,20)(H,18,21)(H,23,24). The molecule has 1 rings (SSSR count). The third-order valence-corrected chi connectivity index (χ3v) is 3.06. The molecular weight excluding hydrogens is 314 g/mol. The highest BCUT2D eigenvalue weighted by Crippen LogP contribution is 2.14. The van der Waals surface area contributed by atoms with Gasteiger partial charge in [-0.2, -0.15) is 0 Å². The highest BCUT2D eigenvalue weighted by molar-refractivity contribution is 5.96. The average molecular weight is 333 g/mol. The van der Waals surface area contributed by atoms with Crippen LogP contribution in [0.2, 0.25) is 0 Å². The van der Waals surface area contributed by atoms with Crippen LogP contribution in [-0.4, -0.2) is 35.8 Å². The summed E-state index contributed by atoms with van der Waals surface area (Å²) < 4.78 is 0. The number of amides is 3. The van der Waals surface area contributed by atoms with E-state index in [1.807, 2.05) is 36.6 Å². The second-order valence-electron chi connectivity index (χ2n) is 5.00. The van der Waals surface area contributed by atoms with E-state index in [0.717, 1.165) is 17.3 Å². The van der Waals surface area contributed by atoms with E-state index < -0.39 is 17.8 Å². The first-order valence-corrected chi connectivity index (χ1v) is 7.12. The molecule has 0 atom stereocenters. The van der Waals surface area contributed by atoms with Crippen LogP contribution in [0.15, 0.2) is 36.4 Å². The first kappa shape index (κ1) is 18.9. The van der Waals surface area contributed by atoms with Crippen molar-refractivity contribution in [1.29, 1.82) is 0 Å². The van der Waals surface area contributed by atoms with Crippen molar-refractivity contribution in [2.24, 2.45) is 0 Å². The van der Waals surface area contributed by atoms with Gasteiger partial charge in [0.05, 0.1) is 0 Å². The molecule has 0 saturated carbocycles. The lowest BCUT2D eigenvalue weighted by atomic mass is 10.2. The summed E-state index contributed by atoms with van der Waals surface area (Å²) in [5.74, 6) is -2.86. The molecule has 0 heterocycles. The van der Waals surface area contributed by atoms with Crippen molar-refractivity contribution < 1.29 is 24.3 Å². The molecule has 0 unspecified atom stereocenters. The highest BCUT2D eigenvalue weighted by atomic mass is 16.4. The lowest BCUT2D eigenvalue weighted by Crippen LogP contribution is -2.41. The van der Waals surface area contributed by atoms with E-state index >= 15 is 0 Å². The van der Waals surface area contributed by atoms with Crippen LogP contribution in [0.3, 0.4) is 0 Å². The fourth-order valence-electron chi connectivity index (χ4n) is 1.68. The minimum atomic E-state index is -1.28. The molecule has 3 amide bonds. The van der Waals surface area contributed by atoms with E-state index in [1.165, 1.54) is 4.90 Å². The van der Waals surface area contributed by atoms with E-state index in [4.69, 9.17) is 5.11 Å². The number of anilines is 1. The van der Waals surface area contributed by atoms with Crippen molar-refractivity contribution in [3.63, 3.8) is 0 Å². The van der Waals surface area contributed by atoms with Gasteiger partial charge in [0.15, 0.2) is 0 Å². The predicted octanol–water partition coefficient (Wildman–Crippen LogP) is 0.526. The summed E-state index contributed by atoms with van der Waals surface area (Å²) >= 11 is 0. The van der Waals surface area contributed by atoms with E-state index in [1.54, 1.807) is 7.05 Å². The monoisotopic (exact) mass is 333 g/mol. The third kappa shape index (κ3) is 6.73. The second-order valence-corrected chi connectivity index (χ2v) is 5.00. The summed E-state index contributed by atoms with van der Waals surface area (Å²) in [6, 6.07) is 7.38. The van der Waals surface area contributed by atoms with E-state index in [2.05, 4.69) is 5.43 Å². The Morgan fingerprint density at radius 2 is 1.67 bits per heavy atom. The van der Waals surface area contributed by atoms with Crippen molar-refractivity contribution >= 4 is 29.4 Å². The van der Waals surface area contributed by atoms with Gasteiger partial charge < -0.3 is 10.0 Å². The number of hydrogen-bond acceptors (Lipinski definition) is 4. The van der Waals surface area contributed by atoms with Gasteiger partial charge in [0.25, 0.3) is 5.91 Å². The SMILES string of the molecule is Cc1ccc(N(C)C(=O)CCC(=O)NNC(=O)C=CC(=O)O)cc1. The first-order valence-electron chi connectivity index (χ1n) is 7.12. The van der Waals surface area contributed by atoms with Crippen LogP contribution >= 0.6 is 0 Å². The van der Waals surface area contributed by atoms with Gasteiger partial charge in [-0.3, -0.25) is 25.2 Å². The van der Waals surface area contributed by atoms with E-state index in [0.29, 0.717) is 6.08 Å². The number of aryl methyl sites for hydroxylation is 1. The molecule has 1 aromatic carbocycles. The summed E-state index contributed by atoms with van der Waals surface area (Å²) in [4.78, 5) is 46.4. The molecule has 24 heavy (non-hydrogen) atoms. The van der Waals surface area contributed by atoms with Crippen molar-refractivity contribution in [2.75, 3.05) is 11.9 Å². The molecule has 0 radical (unpaired) electrons. The minimum Gasteiger partial charge on any atom is -0.478 e. The van der Waals surface area contributed by atoms with Gasteiger partial charge in [-0.1, -0.05) is 17.7 Å². The Hall–Kier alpha value is -3.16. The number of carbonyl (C=O) groups excluding carboxylic acids is 3. The maximum Gasteiger partial charge on any atom is 0.328 e. The molecule has 1 aromatic rings. The molecule has 8 heteroatoms. The zero-order chi connectivity index (χ0) is 18.1. The number of hydrazine groups is 1. The van der Waals surface area contributed by atoms with Crippen molar-refractivity contribution in [1.82, 2.24) is 10.9 Å². The molecule has 0 aromatic heterocycles. The van der Waals surface area contributed by atoms with Gasteiger partial charge in [-0.05, 0) is 19.1 Å². The summed E-state index contributed by atoms with van der Waals surface area (Å²) in [5, 5.41) is 8.35. The number of carbonyl (C=O) groups is 4. The van der Waals surface area contributed by atoms with Gasteiger partial charge in [-0.25, -0.2) is 4.79 Å². The van der Waals surface area contributed by atoms with Crippen LogP contribution in [-0.2, 0) is 19.2 Å². The molecule has 0 saturated heterocycles. The zero-order valence-corrected chi connectivity index (χ0v) is 13.4. The first-order chi connectivity index (χ1) is 11.3. The lowest BCUT2D eigenvalue weighted by molar-refractivity contribution is -0.131. The molecule has 0 bridgehead atoms. The van der Waals surface area contributed by atoms with Gasteiger partial charge >= 0.3 is 5.97 Å². The van der Waals surface area contributed by atoms with Crippen LogP contribution in [0.4, 0.5) is 5.69 Å². The van der Waals surface area contributed by atoms with Gasteiger partial charge in [0.2, 0.25) is 11.8 Å². The Labute approximate surface area is 139 Å². The lowest BCUT2D eigenvalue weighted by Gasteiger charge is -2.17. The van der Waals surface area contributed by atoms with Crippen LogP contribution in [0.5, 0.6) is 0 Å². The number of carboxylic acids is 1. The molecule has 0 aliphatic rings. The molecule has 0 fully saturated rings. The van der Waals surface area contributed by atoms with Crippen molar-refractivity contribution in [2.45, 2.75) is 19.8 Å². The van der Waals surface area contributed by atoms with Crippen LogP contribution in [0, 0.1) is 6.92 Å². The summed E-state index contributed by atoms with van der Waals surface area (Å²) in [7, 11) is 1.61. The molecular formula is C16H19N3O5.